The van der Waals surface area contributed by atoms with Gasteiger partial charge < -0.3 is 45.1 Å². The molecule has 6 aromatic rings. The van der Waals surface area contributed by atoms with Gasteiger partial charge in [-0.3, -0.25) is 14.3 Å². The summed E-state index contributed by atoms with van der Waals surface area (Å²) in [6.45, 7) is 11.3. The number of para-hydroxylation sites is 1. The van der Waals surface area contributed by atoms with E-state index in [1.807, 2.05) is 74.3 Å². The molecule has 2 fully saturated rings. The lowest BCUT2D eigenvalue weighted by atomic mass is 9.91. The summed E-state index contributed by atoms with van der Waals surface area (Å²) in [5.74, 6) is -0.544. The van der Waals surface area contributed by atoms with Gasteiger partial charge in [0.1, 0.15) is 24.3 Å². The van der Waals surface area contributed by atoms with E-state index in [4.69, 9.17) is 19.7 Å². The number of rotatable bonds is 16. The van der Waals surface area contributed by atoms with E-state index >= 15 is 0 Å². The number of aliphatic hydroxyl groups excluding tert-OH is 1. The Morgan fingerprint density at radius 3 is 2.54 bits per heavy atom. The molecule has 17 nitrogen and oxygen atoms in total. The van der Waals surface area contributed by atoms with E-state index in [9.17, 15) is 19.8 Å². The largest absolute Gasteiger partial charge is 0.507 e. The SMILES string of the molecule is Cc1ncsc1-c1ccc(C(C)NC(=O)[C@@H]2C[C@@H](O)CN2C(=O)C(c2cc(OCCOCCN3CCC(n4nc(N)c5nnc(-c6ccccc6O)cc54)CC3)no2)C(C)C)cc1. The first-order valence-corrected chi connectivity index (χ1v) is 22.3. The van der Waals surface area contributed by atoms with Gasteiger partial charge in [-0.15, -0.1) is 21.5 Å². The van der Waals surface area contributed by atoms with E-state index in [1.165, 1.54) is 4.90 Å². The third-order valence-corrected chi connectivity index (χ3v) is 13.0. The van der Waals surface area contributed by atoms with Crippen molar-refractivity contribution in [3.63, 3.8) is 0 Å². The highest BCUT2D eigenvalue weighted by molar-refractivity contribution is 7.13. The molecule has 0 spiro atoms. The van der Waals surface area contributed by atoms with Gasteiger partial charge in [0.2, 0.25) is 11.8 Å². The molecule has 2 aliphatic heterocycles. The molecule has 2 saturated heterocycles. The molecule has 0 saturated carbocycles. The zero-order valence-corrected chi connectivity index (χ0v) is 36.7. The number of carbonyl (C=O) groups is 2. The van der Waals surface area contributed by atoms with Crippen molar-refractivity contribution < 1.29 is 33.8 Å². The molecule has 4 atom stereocenters. The average molecular weight is 879 g/mol. The Morgan fingerprint density at radius 1 is 1.03 bits per heavy atom. The molecule has 8 rings (SSSR count). The summed E-state index contributed by atoms with van der Waals surface area (Å²) in [5.41, 5.74) is 13.5. The van der Waals surface area contributed by atoms with Crippen LogP contribution in [0, 0.1) is 12.8 Å². The normalized spacial score (nSPS) is 18.3. The molecule has 0 aliphatic carbocycles. The Bertz CT molecular complexity index is 2510. The van der Waals surface area contributed by atoms with Gasteiger partial charge in [0.15, 0.2) is 17.1 Å². The van der Waals surface area contributed by atoms with Crippen molar-refractivity contribution in [1.82, 2.24) is 45.2 Å². The average Bonchev–Trinajstić information content (AvgIpc) is 4.09. The van der Waals surface area contributed by atoms with Crippen LogP contribution in [-0.4, -0.2) is 120 Å². The Labute approximate surface area is 369 Å². The number of hydrogen-bond acceptors (Lipinski definition) is 15. The minimum Gasteiger partial charge on any atom is -0.507 e. The number of fused-ring (bicyclic) bond motifs is 1. The minimum absolute atomic E-state index is 0.0409. The third-order valence-electron chi connectivity index (χ3n) is 12.0. The number of amides is 2. The zero-order valence-electron chi connectivity index (χ0n) is 35.9. The highest BCUT2D eigenvalue weighted by Crippen LogP contribution is 2.35. The van der Waals surface area contributed by atoms with Gasteiger partial charge in [-0.05, 0) is 67.1 Å². The first-order chi connectivity index (χ1) is 30.4. The first kappa shape index (κ1) is 43.7. The summed E-state index contributed by atoms with van der Waals surface area (Å²) < 4.78 is 19.3. The van der Waals surface area contributed by atoms with Crippen LogP contribution in [-0.2, 0) is 14.3 Å². The lowest BCUT2D eigenvalue weighted by molar-refractivity contribution is -0.141. The first-order valence-electron chi connectivity index (χ1n) is 21.4. The minimum atomic E-state index is -0.838. The van der Waals surface area contributed by atoms with Crippen LogP contribution in [0.2, 0.25) is 0 Å². The van der Waals surface area contributed by atoms with Crippen molar-refractivity contribution in [1.29, 1.82) is 0 Å². The zero-order chi connectivity index (χ0) is 44.2. The Morgan fingerprint density at radius 2 is 1.81 bits per heavy atom. The number of carbonyl (C=O) groups excluding carboxylic acids is 2. The number of phenols is 1. The van der Waals surface area contributed by atoms with Gasteiger partial charge in [0.25, 0.3) is 5.88 Å². The number of aromatic nitrogens is 6. The topological polar surface area (TPSA) is 220 Å². The molecule has 4 aromatic heterocycles. The highest BCUT2D eigenvalue weighted by atomic mass is 32.1. The molecule has 2 unspecified atom stereocenters. The highest BCUT2D eigenvalue weighted by Gasteiger charge is 2.43. The van der Waals surface area contributed by atoms with Gasteiger partial charge in [0, 0.05) is 44.2 Å². The number of nitrogen functional groups attached to an aromatic ring is 1. The molecule has 0 bridgehead atoms. The molecular weight excluding hydrogens is 825 g/mol. The maximum absolute atomic E-state index is 14.1. The van der Waals surface area contributed by atoms with Crippen LogP contribution in [0.25, 0.3) is 32.7 Å². The number of phenolic OH excluding ortho intramolecular Hbond substituents is 1. The van der Waals surface area contributed by atoms with E-state index in [2.05, 4.69) is 35.7 Å². The molecule has 2 aromatic carbocycles. The predicted molar refractivity (Wildman–Crippen MR) is 237 cm³/mol. The summed E-state index contributed by atoms with van der Waals surface area (Å²) in [5, 5.41) is 41.4. The number of hydrogen-bond donors (Lipinski definition) is 4. The second-order valence-corrected chi connectivity index (χ2v) is 17.5. The Hall–Kier alpha value is -5.95. The third kappa shape index (κ3) is 9.68. The van der Waals surface area contributed by atoms with Crippen molar-refractivity contribution >= 4 is 40.0 Å². The second-order valence-electron chi connectivity index (χ2n) is 16.6. The van der Waals surface area contributed by atoms with Crippen molar-refractivity contribution in [2.75, 3.05) is 51.7 Å². The molecule has 63 heavy (non-hydrogen) atoms. The van der Waals surface area contributed by atoms with E-state index in [-0.39, 0.29) is 61.0 Å². The number of aliphatic hydroxyl groups is 1. The number of benzene rings is 2. The number of nitrogens with two attached hydrogens (primary N) is 1. The number of likely N-dealkylation sites (tertiary alicyclic amines) is 2. The molecular formula is C45H54N10O7S. The van der Waals surface area contributed by atoms with Crippen LogP contribution >= 0.6 is 11.3 Å². The molecule has 0 radical (unpaired) electrons. The summed E-state index contributed by atoms with van der Waals surface area (Å²) in [4.78, 5) is 37.0. The lowest BCUT2D eigenvalue weighted by Crippen LogP contribution is -2.48. The quantitative estimate of drug-likeness (QED) is 0.0882. The van der Waals surface area contributed by atoms with E-state index in [1.54, 1.807) is 35.6 Å². The number of aryl methyl sites for hydroxylation is 1. The Kier molecular flexibility index (Phi) is 13.3. The number of nitrogens with one attached hydrogen (secondary N) is 1. The maximum atomic E-state index is 14.1. The summed E-state index contributed by atoms with van der Waals surface area (Å²) >= 11 is 1.59. The van der Waals surface area contributed by atoms with Crippen LogP contribution < -0.4 is 15.8 Å². The number of anilines is 1. The van der Waals surface area contributed by atoms with Crippen molar-refractivity contribution in [3.8, 4) is 33.3 Å². The monoisotopic (exact) mass is 878 g/mol. The standard InChI is InChI=1S/C45H54N10O7S/c1-26(2)40(45(59)54-24-32(56)21-36(54)44(58)48-27(3)29-9-11-30(12-10-29)42-28(4)47-25-63-42)38-23-39(52-62-38)61-20-19-60-18-17-53-15-13-31(14-16-53)55-35-22-34(33-7-5-6-8-37(33)57)49-50-41(35)43(46)51-55/h5-12,22-23,25-27,31-32,36,40,56-57H,13-21,24H2,1-4H3,(H2,46,51)(H,48,58)/t27?,32-,36+,40?/m1/s1. The van der Waals surface area contributed by atoms with Gasteiger partial charge >= 0.3 is 0 Å². The van der Waals surface area contributed by atoms with Crippen LogP contribution in [0.3, 0.4) is 0 Å². The number of β-amino-alcohol motifs (C(OH)–C–C–N with tert-alkyl or cyclic N) is 1. The maximum Gasteiger partial charge on any atom is 0.254 e. The van der Waals surface area contributed by atoms with Gasteiger partial charge in [-0.2, -0.15) is 5.10 Å². The van der Waals surface area contributed by atoms with Crippen LogP contribution in [0.4, 0.5) is 5.82 Å². The Balaban J connectivity index is 0.784. The summed E-state index contributed by atoms with van der Waals surface area (Å²) in [6, 6.07) is 17.5. The van der Waals surface area contributed by atoms with Crippen molar-refractivity contribution in [3.05, 3.63) is 83.2 Å². The van der Waals surface area contributed by atoms with Crippen molar-refractivity contribution in [2.45, 2.75) is 77.1 Å². The fraction of sp³-hybridized carbons (Fsp3) is 0.444. The van der Waals surface area contributed by atoms with Gasteiger partial charge in [0.05, 0.1) is 58.7 Å². The van der Waals surface area contributed by atoms with Gasteiger partial charge in [-0.25, -0.2) is 4.98 Å². The molecule has 6 heterocycles. The second kappa shape index (κ2) is 19.2. The van der Waals surface area contributed by atoms with Crippen LogP contribution in [0.1, 0.15) is 75.1 Å². The fourth-order valence-corrected chi connectivity index (χ4v) is 9.36. The number of ether oxygens (including phenoxy) is 2. The molecule has 18 heteroatoms. The van der Waals surface area contributed by atoms with Gasteiger partial charge in [-0.1, -0.05) is 50.2 Å². The van der Waals surface area contributed by atoms with Crippen molar-refractivity contribution in [2.24, 2.45) is 5.92 Å². The van der Waals surface area contributed by atoms with Crippen LogP contribution in [0.15, 0.2) is 70.7 Å². The molecule has 2 amide bonds. The number of thiazole rings is 1. The van der Waals surface area contributed by atoms with E-state index in [0.717, 1.165) is 59.7 Å². The number of nitrogens with zero attached hydrogens (tertiary/aromatic N) is 8. The lowest BCUT2D eigenvalue weighted by Gasteiger charge is -2.32. The van der Waals surface area contributed by atoms with E-state index < -0.39 is 18.1 Å². The summed E-state index contributed by atoms with van der Waals surface area (Å²) in [7, 11) is 0. The smallest absolute Gasteiger partial charge is 0.254 e. The fourth-order valence-electron chi connectivity index (χ4n) is 8.55. The molecule has 332 valence electrons. The van der Waals surface area contributed by atoms with Crippen LogP contribution in [0.5, 0.6) is 11.6 Å². The van der Waals surface area contributed by atoms with E-state index in [0.29, 0.717) is 41.6 Å². The predicted octanol–water partition coefficient (Wildman–Crippen LogP) is 5.51. The summed E-state index contributed by atoms with van der Waals surface area (Å²) in [6.07, 6.45) is 1.05. The molecule has 5 N–H and O–H groups in total. The molecule has 2 aliphatic rings. The number of aromatic hydroxyl groups is 1. The number of piperidine rings is 1.